The zero-order chi connectivity index (χ0) is 26.7. The molecule has 1 aliphatic carbocycles. The maximum absolute atomic E-state index is 11.9. The smallest absolute Gasteiger partial charge is 0.217 e. The van der Waals surface area contributed by atoms with E-state index in [1.165, 1.54) is 48.8 Å². The van der Waals surface area contributed by atoms with Gasteiger partial charge >= 0.3 is 0 Å². The molecule has 1 saturated carbocycles. The Morgan fingerprint density at radius 2 is 1.89 bits per heavy atom. The van der Waals surface area contributed by atoms with Crippen LogP contribution in [0.3, 0.4) is 0 Å². The van der Waals surface area contributed by atoms with Crippen molar-refractivity contribution >= 4 is 5.91 Å². The van der Waals surface area contributed by atoms with Gasteiger partial charge in [-0.1, -0.05) is 101 Å². The molecular formula is C34H49NO2. The first-order chi connectivity index (χ1) is 17.8. The van der Waals surface area contributed by atoms with E-state index >= 15 is 0 Å². The third kappa shape index (κ3) is 8.76. The first kappa shape index (κ1) is 29.0. The van der Waals surface area contributed by atoms with E-state index in [0.29, 0.717) is 18.4 Å². The van der Waals surface area contributed by atoms with E-state index in [0.717, 1.165) is 37.9 Å². The quantitative estimate of drug-likeness (QED) is 0.168. The Morgan fingerprint density at radius 1 is 1.11 bits per heavy atom. The lowest BCUT2D eigenvalue weighted by Gasteiger charge is -2.31. The van der Waals surface area contributed by atoms with Crippen LogP contribution in [-0.4, -0.2) is 11.9 Å². The van der Waals surface area contributed by atoms with Crippen LogP contribution in [0.2, 0.25) is 0 Å². The first-order valence-electron chi connectivity index (χ1n) is 14.5. The minimum atomic E-state index is 0.0617. The summed E-state index contributed by atoms with van der Waals surface area (Å²) in [5, 5.41) is 3.22. The molecule has 3 atom stereocenters. The molecule has 0 unspecified atom stereocenters. The number of carbonyl (C=O) groups excluding carboxylic acids is 1. The highest BCUT2D eigenvalue weighted by Crippen LogP contribution is 2.44. The highest BCUT2D eigenvalue weighted by molar-refractivity contribution is 5.73. The molecule has 1 amide bonds. The summed E-state index contributed by atoms with van der Waals surface area (Å²) in [6, 6.07) is 17.6. The molecule has 2 aromatic rings. The molecular weight excluding hydrogens is 454 g/mol. The minimum absolute atomic E-state index is 0.0617. The second kappa shape index (κ2) is 14.4. The number of allylic oxidation sites excluding steroid dienone is 1. The minimum Gasteiger partial charge on any atom is -0.489 e. The first-order valence-corrected chi connectivity index (χ1v) is 14.5. The number of amides is 1. The average molecular weight is 504 g/mol. The number of nitrogens with one attached hydrogen (secondary N) is 1. The van der Waals surface area contributed by atoms with Gasteiger partial charge in [-0.25, -0.2) is 0 Å². The normalized spacial score (nSPS) is 20.2. The average Bonchev–Trinajstić information content (AvgIpc) is 3.07. The van der Waals surface area contributed by atoms with Gasteiger partial charge in [-0.15, -0.1) is 6.58 Å². The van der Waals surface area contributed by atoms with E-state index in [4.69, 9.17) is 4.74 Å². The van der Waals surface area contributed by atoms with Gasteiger partial charge in [0.2, 0.25) is 5.91 Å². The van der Waals surface area contributed by atoms with Crippen LogP contribution in [-0.2, 0) is 16.8 Å². The third-order valence-corrected chi connectivity index (χ3v) is 8.20. The van der Waals surface area contributed by atoms with Crippen molar-refractivity contribution in [2.24, 2.45) is 5.92 Å². The lowest BCUT2D eigenvalue weighted by atomic mass is 9.76. The van der Waals surface area contributed by atoms with Crippen LogP contribution < -0.4 is 10.1 Å². The van der Waals surface area contributed by atoms with Crippen molar-refractivity contribution in [3.05, 3.63) is 77.9 Å². The van der Waals surface area contributed by atoms with Gasteiger partial charge in [0.25, 0.3) is 0 Å². The van der Waals surface area contributed by atoms with Gasteiger partial charge in [0.15, 0.2) is 0 Å². The summed E-state index contributed by atoms with van der Waals surface area (Å²) >= 11 is 0. The second-order valence-electron chi connectivity index (χ2n) is 11.7. The molecule has 3 nitrogen and oxygen atoms in total. The summed E-state index contributed by atoms with van der Waals surface area (Å²) in [4.78, 5) is 11.9. The number of rotatable bonds is 13. The van der Waals surface area contributed by atoms with E-state index in [1.54, 1.807) is 6.92 Å². The van der Waals surface area contributed by atoms with E-state index < -0.39 is 0 Å². The van der Waals surface area contributed by atoms with Crippen molar-refractivity contribution in [3.8, 4) is 5.75 Å². The van der Waals surface area contributed by atoms with Crippen LogP contribution in [0.1, 0.15) is 115 Å². The summed E-state index contributed by atoms with van der Waals surface area (Å²) in [6.45, 7) is 13.3. The van der Waals surface area contributed by atoms with Gasteiger partial charge in [0.1, 0.15) is 12.4 Å². The Labute approximate surface area is 226 Å². The standard InChI is InChI=1S/C34H49NO2/c1-6-8-9-13-22-34(4,5)29-20-21-31(33(23-29)37-25-27-16-11-10-12-17-27)32-24-30(35-26(3)36)19-14-18-28(32)15-7-2/h7,10-12,16-17,20-21,23,28,30,32H,2,6,8-9,13-15,18-19,22,24-25H2,1,3-5H3,(H,35,36)/t28-,30-,32-/m1/s1. The molecule has 37 heavy (non-hydrogen) atoms. The zero-order valence-corrected chi connectivity index (χ0v) is 23.7. The van der Waals surface area contributed by atoms with Gasteiger partial charge in [-0.3, -0.25) is 4.79 Å². The monoisotopic (exact) mass is 503 g/mol. The van der Waals surface area contributed by atoms with Crippen molar-refractivity contribution in [2.45, 2.75) is 116 Å². The van der Waals surface area contributed by atoms with Crippen LogP contribution in [0.15, 0.2) is 61.2 Å². The van der Waals surface area contributed by atoms with Crippen molar-refractivity contribution in [1.29, 1.82) is 0 Å². The van der Waals surface area contributed by atoms with Crippen molar-refractivity contribution in [2.75, 3.05) is 0 Å². The van der Waals surface area contributed by atoms with E-state index in [1.807, 2.05) is 6.07 Å². The molecule has 1 fully saturated rings. The lowest BCUT2D eigenvalue weighted by molar-refractivity contribution is -0.119. The molecule has 0 heterocycles. The maximum Gasteiger partial charge on any atom is 0.217 e. The lowest BCUT2D eigenvalue weighted by Crippen LogP contribution is -2.34. The van der Waals surface area contributed by atoms with E-state index in [2.05, 4.69) is 81.2 Å². The number of benzene rings is 2. The fourth-order valence-corrected chi connectivity index (χ4v) is 6.00. The Balaban J connectivity index is 1.95. The molecule has 0 saturated heterocycles. The molecule has 0 spiro atoms. The number of hydrogen-bond acceptors (Lipinski definition) is 2. The predicted octanol–water partition coefficient (Wildman–Crippen LogP) is 8.87. The van der Waals surface area contributed by atoms with Crippen LogP contribution >= 0.6 is 0 Å². The number of ether oxygens (including phenoxy) is 1. The van der Waals surface area contributed by atoms with Crippen molar-refractivity contribution in [1.82, 2.24) is 5.32 Å². The summed E-state index contributed by atoms with van der Waals surface area (Å²) in [6.07, 6.45) is 13.6. The van der Waals surface area contributed by atoms with Gasteiger partial charge in [-0.05, 0) is 72.1 Å². The Kier molecular flexibility index (Phi) is 11.3. The van der Waals surface area contributed by atoms with Gasteiger partial charge in [0, 0.05) is 13.0 Å². The number of unbranched alkanes of at least 4 members (excludes halogenated alkanes) is 3. The van der Waals surface area contributed by atoms with Gasteiger partial charge in [0.05, 0.1) is 0 Å². The largest absolute Gasteiger partial charge is 0.489 e. The predicted molar refractivity (Wildman–Crippen MR) is 156 cm³/mol. The second-order valence-corrected chi connectivity index (χ2v) is 11.7. The van der Waals surface area contributed by atoms with Gasteiger partial charge < -0.3 is 10.1 Å². The molecule has 1 aliphatic rings. The van der Waals surface area contributed by atoms with Crippen LogP contribution in [0.4, 0.5) is 0 Å². The van der Waals surface area contributed by atoms with Crippen molar-refractivity contribution in [3.63, 3.8) is 0 Å². The Bertz CT molecular complexity index is 981. The van der Waals surface area contributed by atoms with Crippen molar-refractivity contribution < 1.29 is 9.53 Å². The number of carbonyl (C=O) groups is 1. The fraction of sp³-hybridized carbons (Fsp3) is 0.559. The molecule has 0 aromatic heterocycles. The summed E-state index contributed by atoms with van der Waals surface area (Å²) in [7, 11) is 0. The van der Waals surface area contributed by atoms with Crippen LogP contribution in [0.25, 0.3) is 0 Å². The zero-order valence-electron chi connectivity index (χ0n) is 23.7. The Morgan fingerprint density at radius 3 is 2.59 bits per heavy atom. The molecule has 0 radical (unpaired) electrons. The van der Waals surface area contributed by atoms with Crippen LogP contribution in [0, 0.1) is 5.92 Å². The summed E-state index contributed by atoms with van der Waals surface area (Å²) < 4.78 is 6.63. The molecule has 0 aliphatic heterocycles. The molecule has 2 aromatic carbocycles. The fourth-order valence-electron chi connectivity index (χ4n) is 6.00. The van der Waals surface area contributed by atoms with E-state index in [-0.39, 0.29) is 17.4 Å². The number of hydrogen-bond donors (Lipinski definition) is 1. The maximum atomic E-state index is 11.9. The molecule has 1 N–H and O–H groups in total. The summed E-state index contributed by atoms with van der Waals surface area (Å²) in [5.74, 6) is 1.89. The van der Waals surface area contributed by atoms with Crippen LogP contribution in [0.5, 0.6) is 5.75 Å². The highest BCUT2D eigenvalue weighted by Gasteiger charge is 2.32. The SMILES string of the molecule is C=CC[C@@H]1CCC[C@@H](NC(C)=O)C[C@H]1c1ccc(C(C)(C)CCCCCC)cc1OCc1ccccc1. The molecule has 3 heteroatoms. The van der Waals surface area contributed by atoms with E-state index in [9.17, 15) is 4.79 Å². The highest BCUT2D eigenvalue weighted by atomic mass is 16.5. The summed E-state index contributed by atoms with van der Waals surface area (Å²) in [5.41, 5.74) is 3.91. The third-order valence-electron chi connectivity index (χ3n) is 8.20. The molecule has 3 rings (SSSR count). The molecule has 0 bridgehead atoms. The Hall–Kier alpha value is -2.55. The van der Waals surface area contributed by atoms with Gasteiger partial charge in [-0.2, -0.15) is 0 Å². The molecule has 202 valence electrons. The topological polar surface area (TPSA) is 38.3 Å².